The Morgan fingerprint density at radius 3 is 2.96 bits per heavy atom. The highest BCUT2D eigenvalue weighted by Gasteiger charge is 2.35. The number of fused-ring (bicyclic) bond motifs is 4. The number of hydrogen-bond donors (Lipinski definition) is 1. The molecule has 5 rings (SSSR count). The number of piperidine rings is 1. The monoisotopic (exact) mass is 417 g/mol. The van der Waals surface area contributed by atoms with Crippen molar-refractivity contribution in [1.29, 1.82) is 0 Å². The lowest BCUT2D eigenvalue weighted by atomic mass is 9.78. The minimum Gasteiger partial charge on any atom is -0.339 e. The van der Waals surface area contributed by atoms with Crippen LogP contribution >= 0.6 is 23.1 Å². The molecule has 0 aromatic carbocycles. The van der Waals surface area contributed by atoms with E-state index in [1.54, 1.807) is 23.1 Å². The van der Waals surface area contributed by atoms with Gasteiger partial charge >= 0.3 is 0 Å². The van der Waals surface area contributed by atoms with Crippen LogP contribution in [0.4, 0.5) is 0 Å². The van der Waals surface area contributed by atoms with Crippen molar-refractivity contribution in [3.8, 4) is 0 Å². The van der Waals surface area contributed by atoms with Crippen LogP contribution in [0.5, 0.6) is 0 Å². The topological polar surface area (TPSA) is 66.1 Å². The number of carbonyl (C=O) groups is 1. The highest BCUT2D eigenvalue weighted by molar-refractivity contribution is 7.99. The molecule has 2 unspecified atom stereocenters. The van der Waals surface area contributed by atoms with Crippen molar-refractivity contribution in [3.63, 3.8) is 0 Å². The maximum absolute atomic E-state index is 12.8. The molecular formula is C21H27N3O2S2. The lowest BCUT2D eigenvalue weighted by Gasteiger charge is -2.44. The van der Waals surface area contributed by atoms with E-state index in [-0.39, 0.29) is 11.5 Å². The highest BCUT2D eigenvalue weighted by Crippen LogP contribution is 2.36. The zero-order chi connectivity index (χ0) is 19.1. The predicted molar refractivity (Wildman–Crippen MR) is 115 cm³/mol. The zero-order valence-corrected chi connectivity index (χ0v) is 17.8. The summed E-state index contributed by atoms with van der Waals surface area (Å²) in [6, 6.07) is 0.471. The second-order valence-corrected chi connectivity index (χ2v) is 10.5. The molecule has 7 heteroatoms. The fourth-order valence-electron chi connectivity index (χ4n) is 5.37. The van der Waals surface area contributed by atoms with Crippen molar-refractivity contribution >= 4 is 39.2 Å². The van der Waals surface area contributed by atoms with Gasteiger partial charge in [0.25, 0.3) is 5.56 Å². The first-order chi connectivity index (χ1) is 13.7. The number of aromatic nitrogens is 2. The second-order valence-electron chi connectivity index (χ2n) is 8.38. The van der Waals surface area contributed by atoms with Crippen molar-refractivity contribution in [2.24, 2.45) is 5.92 Å². The van der Waals surface area contributed by atoms with Crippen molar-refractivity contribution < 1.29 is 4.79 Å². The number of thiophene rings is 1. The average Bonchev–Trinajstić information content (AvgIpc) is 3.28. The fraction of sp³-hybridized carbons (Fsp3) is 0.667. The Hall–Kier alpha value is -1.34. The standard InChI is InChI=1S/C21H27N3O2S2/c25-18(24-10-4-6-13-5-1-2-8-15(13)24)12-27-11-17-22-20(26)19-14-7-3-9-16(14)28-21(19)23-17/h13,15H,1-12H2,(H,22,23,26). The summed E-state index contributed by atoms with van der Waals surface area (Å²) in [5.41, 5.74) is 1.21. The van der Waals surface area contributed by atoms with E-state index >= 15 is 0 Å². The van der Waals surface area contributed by atoms with Crippen LogP contribution in [0.1, 0.15) is 61.2 Å². The lowest BCUT2D eigenvalue weighted by molar-refractivity contribution is -0.134. The van der Waals surface area contributed by atoms with E-state index in [4.69, 9.17) is 4.98 Å². The van der Waals surface area contributed by atoms with Gasteiger partial charge in [0.1, 0.15) is 10.7 Å². The first-order valence-corrected chi connectivity index (χ1v) is 12.6. The maximum atomic E-state index is 12.8. The molecule has 5 nitrogen and oxygen atoms in total. The van der Waals surface area contributed by atoms with Crippen LogP contribution in [0.2, 0.25) is 0 Å². The Kier molecular flexibility index (Phi) is 5.22. The zero-order valence-electron chi connectivity index (χ0n) is 16.2. The molecule has 0 radical (unpaired) electrons. The SMILES string of the molecule is O=C(CSCc1nc2sc3c(c2c(=O)[nH]1)CCC3)N1CCCC2CCCCC21. The Labute approximate surface area is 173 Å². The largest absolute Gasteiger partial charge is 0.339 e. The summed E-state index contributed by atoms with van der Waals surface area (Å²) < 4.78 is 0. The van der Waals surface area contributed by atoms with E-state index in [0.717, 1.165) is 48.4 Å². The molecule has 0 spiro atoms. The number of amides is 1. The molecular weight excluding hydrogens is 390 g/mol. The molecule has 1 saturated heterocycles. The van der Waals surface area contributed by atoms with Crippen LogP contribution in [0.25, 0.3) is 10.2 Å². The van der Waals surface area contributed by atoms with E-state index in [0.29, 0.717) is 23.4 Å². The van der Waals surface area contributed by atoms with Gasteiger partial charge in [-0.1, -0.05) is 12.8 Å². The molecule has 150 valence electrons. The number of carbonyl (C=O) groups excluding carboxylic acids is 1. The molecule has 1 amide bonds. The molecule has 0 bridgehead atoms. The van der Waals surface area contributed by atoms with Gasteiger partial charge in [-0.3, -0.25) is 9.59 Å². The van der Waals surface area contributed by atoms with Crippen LogP contribution in [0.15, 0.2) is 4.79 Å². The number of rotatable bonds is 4. The van der Waals surface area contributed by atoms with Gasteiger partial charge in [-0.25, -0.2) is 4.98 Å². The summed E-state index contributed by atoms with van der Waals surface area (Å²) in [7, 11) is 0. The number of hydrogen-bond acceptors (Lipinski definition) is 5. The van der Waals surface area contributed by atoms with E-state index < -0.39 is 0 Å². The summed E-state index contributed by atoms with van der Waals surface area (Å²) in [5, 5.41) is 0.805. The Morgan fingerprint density at radius 1 is 1.18 bits per heavy atom. The number of H-pyrrole nitrogens is 1. The summed E-state index contributed by atoms with van der Waals surface area (Å²) >= 11 is 3.25. The number of aromatic amines is 1. The number of thioether (sulfide) groups is 1. The summed E-state index contributed by atoms with van der Waals surface area (Å²) in [6.07, 6.45) is 10.7. The average molecular weight is 418 g/mol. The smallest absolute Gasteiger partial charge is 0.259 e. The molecule has 3 heterocycles. The summed E-state index contributed by atoms with van der Waals surface area (Å²) in [6.45, 7) is 0.919. The van der Waals surface area contributed by atoms with Crippen LogP contribution in [0.3, 0.4) is 0 Å². The molecule has 3 aliphatic rings. The minimum absolute atomic E-state index is 0.00703. The van der Waals surface area contributed by atoms with Gasteiger partial charge in [-0.05, 0) is 56.4 Å². The molecule has 1 N–H and O–H groups in total. The first kappa shape index (κ1) is 18.7. The molecule has 28 heavy (non-hydrogen) atoms. The second kappa shape index (κ2) is 7.82. The van der Waals surface area contributed by atoms with Gasteiger partial charge in [0.05, 0.1) is 16.9 Å². The van der Waals surface area contributed by atoms with Gasteiger partial charge in [-0.2, -0.15) is 0 Å². The van der Waals surface area contributed by atoms with Gasteiger partial charge in [0, 0.05) is 17.5 Å². The Balaban J connectivity index is 1.23. The van der Waals surface area contributed by atoms with E-state index in [9.17, 15) is 9.59 Å². The Morgan fingerprint density at radius 2 is 2.04 bits per heavy atom. The summed E-state index contributed by atoms with van der Waals surface area (Å²) in [5.74, 6) is 2.75. The quantitative estimate of drug-likeness (QED) is 0.820. The molecule has 2 atom stereocenters. The van der Waals surface area contributed by atoms with Crippen LogP contribution < -0.4 is 5.56 Å². The molecule has 1 aliphatic heterocycles. The van der Waals surface area contributed by atoms with Crippen LogP contribution in [-0.2, 0) is 23.4 Å². The van der Waals surface area contributed by atoms with Gasteiger partial charge in [-0.15, -0.1) is 23.1 Å². The van der Waals surface area contributed by atoms with Crippen molar-refractivity contribution in [3.05, 3.63) is 26.6 Å². The Bertz CT molecular complexity index is 949. The number of aryl methyl sites for hydroxylation is 2. The molecule has 2 aliphatic carbocycles. The van der Waals surface area contributed by atoms with Crippen LogP contribution in [-0.4, -0.2) is 39.1 Å². The number of likely N-dealkylation sites (tertiary alicyclic amines) is 1. The molecule has 2 fully saturated rings. The highest BCUT2D eigenvalue weighted by atomic mass is 32.2. The van der Waals surface area contributed by atoms with Gasteiger partial charge in [0.15, 0.2) is 0 Å². The third-order valence-corrected chi connectivity index (χ3v) is 8.77. The molecule has 1 saturated carbocycles. The van der Waals surface area contributed by atoms with E-state index in [1.807, 2.05) is 0 Å². The predicted octanol–water partition coefficient (Wildman–Crippen LogP) is 3.89. The van der Waals surface area contributed by atoms with Crippen LogP contribution in [0, 0.1) is 5.92 Å². The lowest BCUT2D eigenvalue weighted by Crippen LogP contribution is -2.50. The molecule has 2 aromatic heterocycles. The third-order valence-electron chi connectivity index (χ3n) is 6.65. The number of nitrogens with one attached hydrogen (secondary N) is 1. The molecule has 2 aromatic rings. The third kappa shape index (κ3) is 3.41. The van der Waals surface area contributed by atoms with Crippen molar-refractivity contribution in [1.82, 2.24) is 14.9 Å². The normalized spacial score (nSPS) is 24.4. The first-order valence-electron chi connectivity index (χ1n) is 10.6. The number of nitrogens with zero attached hydrogens (tertiary/aromatic N) is 2. The van der Waals surface area contributed by atoms with E-state index in [1.165, 1.54) is 42.5 Å². The fourth-order valence-corrected chi connectivity index (χ4v) is 7.42. The maximum Gasteiger partial charge on any atom is 0.259 e. The van der Waals surface area contributed by atoms with Gasteiger partial charge in [0.2, 0.25) is 5.91 Å². The van der Waals surface area contributed by atoms with Gasteiger partial charge < -0.3 is 9.88 Å². The van der Waals surface area contributed by atoms with E-state index in [2.05, 4.69) is 9.88 Å². The van der Waals surface area contributed by atoms with Crippen molar-refractivity contribution in [2.75, 3.05) is 12.3 Å². The minimum atomic E-state index is -0.00703. The summed E-state index contributed by atoms with van der Waals surface area (Å²) in [4.78, 5) is 37.4. The van der Waals surface area contributed by atoms with Crippen molar-refractivity contribution in [2.45, 2.75) is 69.6 Å².